The number of aromatic nitrogens is 3. The summed E-state index contributed by atoms with van der Waals surface area (Å²) < 4.78 is 28.9. The number of hydrogen-bond donors (Lipinski definition) is 11. The fourth-order valence-corrected chi connectivity index (χ4v) is 19.5. The van der Waals surface area contributed by atoms with Gasteiger partial charge in [0.2, 0.25) is 17.7 Å². The molecular formula is C92H116N12O13S. The van der Waals surface area contributed by atoms with Crippen molar-refractivity contribution in [2.45, 2.75) is 190 Å². The van der Waals surface area contributed by atoms with Gasteiger partial charge in [0.1, 0.15) is 29.1 Å². The maximum atomic E-state index is 15.6. The first kappa shape index (κ1) is 88.4. The molecule has 25 nitrogen and oxygen atoms in total. The minimum absolute atomic E-state index is 0.0126. The van der Waals surface area contributed by atoms with Gasteiger partial charge in [-0.25, -0.2) is 8.42 Å². The van der Waals surface area contributed by atoms with Gasteiger partial charge in [-0.05, 0) is 191 Å². The Kier molecular flexibility index (Phi) is 32.1. The highest BCUT2D eigenvalue weighted by Crippen LogP contribution is 2.45. The molecule has 14 N–H and O–H groups in total. The number of carbonyl (C=O) groups excluding carboxylic acids is 9. The number of aromatic hydroxyl groups is 1. The topological polar surface area (TPSA) is 414 Å². The van der Waals surface area contributed by atoms with Crippen LogP contribution in [0, 0.1) is 35.5 Å². The monoisotopic (exact) mass is 1630 g/mol. The highest BCUT2D eigenvalue weighted by Gasteiger charge is 2.42. The van der Waals surface area contributed by atoms with Crippen molar-refractivity contribution in [3.8, 4) is 5.75 Å². The van der Waals surface area contributed by atoms with Crippen LogP contribution in [-0.2, 0) is 91.5 Å². The largest absolute Gasteiger partial charge is 0.508 e. The highest BCUT2D eigenvalue weighted by atomic mass is 32.2. The van der Waals surface area contributed by atoms with Crippen molar-refractivity contribution >= 4 is 90.0 Å². The number of ketones is 6. The number of likely N-dealkylation sites (tertiary alicyclic amines) is 1. The Morgan fingerprint density at radius 3 is 1.94 bits per heavy atom. The smallest absolute Gasteiger partial charge is 0.224 e. The molecule has 3 amide bonds. The van der Waals surface area contributed by atoms with E-state index in [-0.39, 0.29) is 144 Å². The average molecular weight is 1630 g/mol. The molecule has 3 aromatic heterocycles. The molecule has 8 aromatic rings. The molecule has 0 saturated carbocycles. The number of nitrogens with zero attached hydrogens (tertiary/aromatic N) is 3. The summed E-state index contributed by atoms with van der Waals surface area (Å²) in [5.74, 6) is -10.9. The van der Waals surface area contributed by atoms with Crippen LogP contribution < -0.4 is 38.5 Å². The molecule has 118 heavy (non-hydrogen) atoms. The molecule has 11 rings (SSSR count). The van der Waals surface area contributed by atoms with Crippen LogP contribution in [0.2, 0.25) is 0 Å². The number of phenols is 1. The number of aliphatic hydroxyl groups excluding tert-OH is 1. The molecule has 3 aliphatic rings. The van der Waals surface area contributed by atoms with Crippen molar-refractivity contribution in [1.29, 1.82) is 0 Å². The summed E-state index contributed by atoms with van der Waals surface area (Å²) in [6.45, 7) is 2.30. The number of carbonyl (C=O) groups is 9. The van der Waals surface area contributed by atoms with Crippen LogP contribution in [0.25, 0.3) is 21.8 Å². The first-order valence-electron chi connectivity index (χ1n) is 41.9. The first-order chi connectivity index (χ1) is 56.8. The zero-order valence-electron chi connectivity index (χ0n) is 67.8. The number of hydrogen-bond acceptors (Lipinski definition) is 18. The van der Waals surface area contributed by atoms with Crippen LogP contribution in [0.1, 0.15) is 155 Å². The summed E-state index contributed by atoms with van der Waals surface area (Å²) >= 11 is 0. The molecule has 2 fully saturated rings. The molecule has 0 spiro atoms. The number of fused-ring (bicyclic) bond motifs is 3. The van der Waals surface area contributed by atoms with Crippen LogP contribution in [-0.4, -0.2) is 178 Å². The Balaban J connectivity index is 0.915. The number of guanidine groups is 1. The third-order valence-corrected chi connectivity index (χ3v) is 25.7. The van der Waals surface area contributed by atoms with Gasteiger partial charge in [-0.2, -0.15) is 0 Å². The van der Waals surface area contributed by atoms with E-state index in [1.165, 1.54) is 35.6 Å². The van der Waals surface area contributed by atoms with Gasteiger partial charge in [0.25, 0.3) is 0 Å². The predicted octanol–water partition coefficient (Wildman–Crippen LogP) is 8.72. The molecule has 0 bridgehead atoms. The first-order valence-corrected chi connectivity index (χ1v) is 43.7. The quantitative estimate of drug-likeness (QED) is 0.0124. The molecule has 26 heteroatoms. The van der Waals surface area contributed by atoms with Gasteiger partial charge in [-0.1, -0.05) is 122 Å². The Bertz CT molecular complexity index is 4880. The van der Waals surface area contributed by atoms with E-state index in [2.05, 4.69) is 64.4 Å². The number of nitrogens with two attached hydrogens (primary N) is 3. The number of para-hydroxylation sites is 1. The molecule has 1 aliphatic carbocycles. The van der Waals surface area contributed by atoms with E-state index in [1.807, 2.05) is 73.8 Å². The molecule has 5 heterocycles. The SMILES string of the molecule is C[C@@H](O)[C@@H]1NC(=O)[C@H](CCCCN)CC(=O)[C@@H](Cc2c[nH]c3ccccc23)NC(=O)[C@H](Cc2ccncc2)CC(=O)[C@H](Cc2ccccc2)NC(=O)[C@H](CCCN=C(N)N)CC(=O)[C@H](NC[C@@H](CC(=O)CS(=O)(=O)C[C@@H]2C[C@@H]3c4cccc5[nH]cc(c45)C[C@H]3N(C)C2)Cc2ccc(O)cc2)CCCCCC(=O)[C@H](Cc2ccccc2)CC1=O. The summed E-state index contributed by atoms with van der Waals surface area (Å²) in [5.41, 5.74) is 25.3. The number of rotatable bonds is 28. The van der Waals surface area contributed by atoms with Gasteiger partial charge in [0.15, 0.2) is 38.9 Å². The number of benzene rings is 5. The number of amides is 3. The Hall–Kier alpha value is -10.4. The van der Waals surface area contributed by atoms with E-state index in [4.69, 9.17) is 17.2 Å². The van der Waals surface area contributed by atoms with Crippen LogP contribution in [0.5, 0.6) is 5.75 Å². The zero-order chi connectivity index (χ0) is 83.8. The van der Waals surface area contributed by atoms with E-state index >= 15 is 24.0 Å². The molecule has 2 saturated heterocycles. The lowest BCUT2D eigenvalue weighted by Gasteiger charge is -2.45. The van der Waals surface area contributed by atoms with E-state index in [1.54, 1.807) is 67.1 Å². The van der Waals surface area contributed by atoms with Crippen LogP contribution in [0.15, 0.2) is 169 Å². The average Bonchev–Trinajstić information content (AvgIpc) is 1.50. The predicted molar refractivity (Wildman–Crippen MR) is 456 cm³/mol. The molecular weight excluding hydrogens is 1510 g/mol. The number of piperidine rings is 1. The molecule has 628 valence electrons. The van der Waals surface area contributed by atoms with Gasteiger partial charge in [-0.15, -0.1) is 0 Å². The third-order valence-electron chi connectivity index (χ3n) is 24.0. The minimum Gasteiger partial charge on any atom is -0.508 e. The lowest BCUT2D eigenvalue weighted by Crippen LogP contribution is -2.51. The second-order valence-corrected chi connectivity index (χ2v) is 35.2. The summed E-state index contributed by atoms with van der Waals surface area (Å²) in [6.07, 6.45) is 8.01. The standard InChI is InChI=1S/C92H116N12O13S/c1-58(105)88-86(112)50-67(41-59-18-6-3-7-19-59)82(108)29-11-5-10-27-77(98-52-63(40-61-30-32-71(106)33-31-61)43-72(107)57-118(116,117)56-64-44-75-74-25-16-28-78-87(74)70(54-100-78)47-81(75)104(2)55-64)83(109)48-66(23-17-37-97-92(94)95)89(113)101-79(45-60-20-8-4-9-21-60)85(111)51-68(42-62-34-38-96-39-35-62)91(115)102-80(46-69-53-99-76-26-13-12-24-73(69)76)84(110)49-65(90(114)103-88)22-14-15-36-93/h3-4,6-9,12-13,16,18-21,24-26,28,30-35,38-39,53-54,58,63-68,75,77,79-81,88,98-100,105-106H,5,10-11,14-15,17,22-23,27,29,36-37,40-52,55-57,93H2,1-2H3,(H,101,113)(H,102,115)(H,103,114)(H4,94,95,97)/t58-,63-,64-,65-,66-,67-,68-,75-,77-,79+,80-,81-,88+/m1/s1. The maximum absolute atomic E-state index is 15.6. The summed E-state index contributed by atoms with van der Waals surface area (Å²) in [7, 11) is -1.93. The van der Waals surface area contributed by atoms with Crippen LogP contribution in [0.3, 0.4) is 0 Å². The summed E-state index contributed by atoms with van der Waals surface area (Å²) in [4.78, 5) is 154. The van der Waals surface area contributed by atoms with Crippen molar-refractivity contribution in [2.75, 3.05) is 44.7 Å². The Labute approximate surface area is 691 Å². The van der Waals surface area contributed by atoms with Crippen LogP contribution >= 0.6 is 0 Å². The molecule has 0 radical (unpaired) electrons. The van der Waals surface area contributed by atoms with Gasteiger partial charge in [-0.3, -0.25) is 53.1 Å². The number of unbranched alkanes of at least 4 members (excludes halogenated alkanes) is 1. The van der Waals surface area contributed by atoms with Gasteiger partial charge < -0.3 is 63.5 Å². The lowest BCUT2D eigenvalue weighted by atomic mass is 9.73. The Morgan fingerprint density at radius 1 is 0.627 bits per heavy atom. The van der Waals surface area contributed by atoms with Crippen molar-refractivity contribution in [3.63, 3.8) is 0 Å². The number of aliphatic imine (C=N–C) groups is 1. The lowest BCUT2D eigenvalue weighted by molar-refractivity contribution is -0.136. The maximum Gasteiger partial charge on any atom is 0.224 e. The van der Waals surface area contributed by atoms with Crippen molar-refractivity contribution < 1.29 is 61.8 Å². The number of aromatic amines is 2. The van der Waals surface area contributed by atoms with E-state index in [0.29, 0.717) is 61.8 Å². The number of sulfone groups is 1. The number of H-pyrrole nitrogens is 2. The number of Topliss-reactive ketones (excluding diaryl/α,β-unsaturated/α-hetero) is 6. The van der Waals surface area contributed by atoms with Crippen molar-refractivity contribution in [2.24, 2.45) is 57.7 Å². The van der Waals surface area contributed by atoms with E-state index < -0.39 is 135 Å². The molecule has 13 atom stereocenters. The van der Waals surface area contributed by atoms with Crippen molar-refractivity contribution in [3.05, 3.63) is 203 Å². The van der Waals surface area contributed by atoms with Crippen molar-refractivity contribution in [1.82, 2.24) is 41.1 Å². The second kappa shape index (κ2) is 42.8. The van der Waals surface area contributed by atoms with E-state index in [9.17, 15) is 37.8 Å². The highest BCUT2D eigenvalue weighted by molar-refractivity contribution is 7.92. The van der Waals surface area contributed by atoms with Gasteiger partial charge >= 0.3 is 0 Å². The fraction of sp³-hybridized carbons (Fsp3) is 0.467. The third kappa shape index (κ3) is 25.3. The van der Waals surface area contributed by atoms with E-state index in [0.717, 1.165) is 34.0 Å². The van der Waals surface area contributed by atoms with Gasteiger partial charge in [0.05, 0.1) is 30.0 Å². The zero-order valence-corrected chi connectivity index (χ0v) is 68.6. The molecule has 2 aliphatic heterocycles. The van der Waals surface area contributed by atoms with Gasteiger partial charge in [0, 0.05) is 140 Å². The second-order valence-electron chi connectivity index (χ2n) is 33.1. The number of aliphatic hydroxyl groups is 1. The normalized spacial score (nSPS) is 23.4. The summed E-state index contributed by atoms with van der Waals surface area (Å²) in [5, 5.41) is 36.2. The molecule has 5 aromatic carbocycles. The Morgan fingerprint density at radius 2 is 1.24 bits per heavy atom. The minimum atomic E-state index is -3.96. The number of pyridine rings is 1. The number of likely N-dealkylation sites (N-methyl/N-ethyl adjacent to an activating group) is 1. The number of nitrogens with one attached hydrogen (secondary N) is 6. The molecule has 0 unspecified atom stereocenters. The summed E-state index contributed by atoms with van der Waals surface area (Å²) in [6, 6.07) is 36.8. The number of phenolic OH excluding ortho intramolecular Hbond substituents is 1. The fourth-order valence-electron chi connectivity index (χ4n) is 17.8. The van der Waals surface area contributed by atoms with Crippen LogP contribution in [0.4, 0.5) is 0 Å².